The summed E-state index contributed by atoms with van der Waals surface area (Å²) in [5.74, 6) is -1.43. The van der Waals surface area contributed by atoms with Crippen LogP contribution in [0.15, 0.2) is 18.2 Å². The number of carboxylic acid groups (broad SMARTS) is 1. The van der Waals surface area contributed by atoms with Crippen LogP contribution in [0.25, 0.3) is 0 Å². The topological polar surface area (TPSA) is 92.4 Å². The van der Waals surface area contributed by atoms with Crippen LogP contribution in [0.1, 0.15) is 23.2 Å². The predicted octanol–water partition coefficient (Wildman–Crippen LogP) is 1.47. The van der Waals surface area contributed by atoms with Crippen molar-refractivity contribution in [3.63, 3.8) is 0 Å². The summed E-state index contributed by atoms with van der Waals surface area (Å²) in [5, 5.41) is 11.6. The summed E-state index contributed by atoms with van der Waals surface area (Å²) in [6, 6.07) is 4.28. The summed E-state index contributed by atoms with van der Waals surface area (Å²) in [5.41, 5.74) is 5.26. The lowest BCUT2D eigenvalue weighted by Crippen LogP contribution is -2.37. The number of nitrogens with one attached hydrogen (secondary N) is 1. The highest BCUT2D eigenvalue weighted by atomic mass is 35.5. The van der Waals surface area contributed by atoms with E-state index in [4.69, 9.17) is 22.4 Å². The van der Waals surface area contributed by atoms with Crippen LogP contribution in [-0.2, 0) is 4.79 Å². The number of halogens is 1. The Morgan fingerprint density at radius 1 is 1.41 bits per heavy atom. The van der Waals surface area contributed by atoms with Crippen molar-refractivity contribution in [2.75, 3.05) is 5.32 Å². The van der Waals surface area contributed by atoms with E-state index in [-0.39, 0.29) is 16.5 Å². The number of rotatable bonds is 3. The number of hydrogen-bond acceptors (Lipinski definition) is 3. The van der Waals surface area contributed by atoms with E-state index >= 15 is 0 Å². The van der Waals surface area contributed by atoms with Gasteiger partial charge in [-0.05, 0) is 31.0 Å². The van der Waals surface area contributed by atoms with Crippen molar-refractivity contribution >= 4 is 29.2 Å². The second-order valence-corrected chi connectivity index (χ2v) is 4.52. The molecule has 1 aromatic carbocycles. The molecule has 0 heterocycles. The van der Waals surface area contributed by atoms with Gasteiger partial charge >= 0.3 is 5.97 Å². The molecule has 1 aliphatic rings. The van der Waals surface area contributed by atoms with E-state index in [1.165, 1.54) is 12.1 Å². The van der Waals surface area contributed by atoms with Crippen LogP contribution in [-0.4, -0.2) is 22.5 Å². The van der Waals surface area contributed by atoms with E-state index < -0.39 is 11.5 Å². The second-order valence-electron chi connectivity index (χ2n) is 4.11. The van der Waals surface area contributed by atoms with Gasteiger partial charge in [0.1, 0.15) is 0 Å². The van der Waals surface area contributed by atoms with Gasteiger partial charge in [0, 0.05) is 5.69 Å². The molecular formula is C11H11ClN2O3. The average molecular weight is 255 g/mol. The van der Waals surface area contributed by atoms with Crippen LogP contribution in [0.5, 0.6) is 0 Å². The van der Waals surface area contributed by atoms with E-state index in [2.05, 4.69) is 5.32 Å². The first kappa shape index (κ1) is 11.9. The van der Waals surface area contributed by atoms with Crippen molar-refractivity contribution in [2.45, 2.75) is 18.4 Å². The third-order valence-electron chi connectivity index (χ3n) is 2.70. The molecule has 1 fully saturated rings. The smallest absolute Gasteiger partial charge is 0.337 e. The van der Waals surface area contributed by atoms with Gasteiger partial charge in [-0.15, -0.1) is 0 Å². The molecule has 17 heavy (non-hydrogen) atoms. The Labute approximate surface area is 103 Å². The van der Waals surface area contributed by atoms with Gasteiger partial charge in [-0.2, -0.15) is 0 Å². The molecule has 90 valence electrons. The lowest BCUT2D eigenvalue weighted by molar-refractivity contribution is -0.118. The number of carbonyl (C=O) groups excluding carboxylic acids is 1. The molecule has 5 nitrogen and oxygen atoms in total. The maximum absolute atomic E-state index is 11.6. The summed E-state index contributed by atoms with van der Waals surface area (Å²) in [4.78, 5) is 22.5. The van der Waals surface area contributed by atoms with Crippen LogP contribution in [0.2, 0.25) is 5.02 Å². The van der Waals surface area contributed by atoms with Crippen molar-refractivity contribution < 1.29 is 14.7 Å². The van der Waals surface area contributed by atoms with Crippen LogP contribution in [0.3, 0.4) is 0 Å². The average Bonchev–Trinajstić information content (AvgIpc) is 3.00. The Bertz CT molecular complexity index is 497. The monoisotopic (exact) mass is 254 g/mol. The van der Waals surface area contributed by atoms with Gasteiger partial charge in [-0.3, -0.25) is 4.79 Å². The van der Waals surface area contributed by atoms with E-state index in [0.29, 0.717) is 18.5 Å². The molecule has 0 unspecified atom stereocenters. The molecule has 0 aromatic heterocycles. The summed E-state index contributed by atoms with van der Waals surface area (Å²) in [6.07, 6.45) is 1.30. The highest BCUT2D eigenvalue weighted by molar-refractivity contribution is 6.33. The molecule has 2 rings (SSSR count). The third kappa shape index (κ3) is 2.40. The molecule has 1 saturated carbocycles. The first-order chi connectivity index (χ1) is 7.92. The minimum Gasteiger partial charge on any atom is -0.478 e. The van der Waals surface area contributed by atoms with E-state index in [1.54, 1.807) is 6.07 Å². The molecule has 1 aliphatic carbocycles. The van der Waals surface area contributed by atoms with E-state index in [9.17, 15) is 9.59 Å². The van der Waals surface area contributed by atoms with Crippen molar-refractivity contribution in [3.8, 4) is 0 Å². The fourth-order valence-electron chi connectivity index (χ4n) is 1.38. The fraction of sp³-hybridized carbons (Fsp3) is 0.273. The summed E-state index contributed by atoms with van der Waals surface area (Å²) in [6.45, 7) is 0. The molecule has 0 radical (unpaired) electrons. The molecule has 1 aromatic rings. The second kappa shape index (κ2) is 4.01. The Balaban J connectivity index is 2.19. The molecule has 0 aliphatic heterocycles. The van der Waals surface area contributed by atoms with Crippen molar-refractivity contribution in [1.29, 1.82) is 0 Å². The van der Waals surface area contributed by atoms with E-state index in [1.807, 2.05) is 0 Å². The maximum atomic E-state index is 11.6. The summed E-state index contributed by atoms with van der Waals surface area (Å²) in [7, 11) is 0. The van der Waals surface area contributed by atoms with Crippen LogP contribution in [0, 0.1) is 0 Å². The van der Waals surface area contributed by atoms with Gasteiger partial charge in [0.25, 0.3) is 0 Å². The summed E-state index contributed by atoms with van der Waals surface area (Å²) < 4.78 is 0. The Morgan fingerprint density at radius 2 is 2.06 bits per heavy atom. The Morgan fingerprint density at radius 3 is 2.59 bits per heavy atom. The highest BCUT2D eigenvalue weighted by Gasteiger charge is 2.45. The molecule has 0 spiro atoms. The van der Waals surface area contributed by atoms with Crippen LogP contribution in [0.4, 0.5) is 5.69 Å². The zero-order valence-electron chi connectivity index (χ0n) is 8.87. The molecule has 6 heteroatoms. The molecule has 0 bridgehead atoms. The number of benzene rings is 1. The zero-order chi connectivity index (χ0) is 12.6. The van der Waals surface area contributed by atoms with Crippen molar-refractivity contribution in [3.05, 3.63) is 28.8 Å². The molecular weight excluding hydrogens is 244 g/mol. The SMILES string of the molecule is NC1(C(=O)Nc2ccc(Cl)c(C(=O)O)c2)CC1. The standard InChI is InChI=1S/C11H11ClN2O3/c12-8-2-1-6(5-7(8)9(15)16)14-10(17)11(13)3-4-11/h1-2,5H,3-4,13H2,(H,14,17)(H,15,16). The lowest BCUT2D eigenvalue weighted by Gasteiger charge is -2.10. The minimum absolute atomic E-state index is 0.0497. The fourth-order valence-corrected chi connectivity index (χ4v) is 1.58. The normalized spacial score (nSPS) is 16.4. The highest BCUT2D eigenvalue weighted by Crippen LogP contribution is 2.33. The van der Waals surface area contributed by atoms with Gasteiger partial charge in [0.2, 0.25) is 5.91 Å². The molecule has 0 atom stereocenters. The molecule has 1 amide bonds. The van der Waals surface area contributed by atoms with Gasteiger partial charge in [-0.1, -0.05) is 11.6 Å². The Hall–Kier alpha value is -1.59. The number of carbonyl (C=O) groups is 2. The minimum atomic E-state index is -1.14. The van der Waals surface area contributed by atoms with Crippen molar-refractivity contribution in [2.24, 2.45) is 5.73 Å². The van der Waals surface area contributed by atoms with Crippen LogP contribution < -0.4 is 11.1 Å². The van der Waals surface area contributed by atoms with Gasteiger partial charge in [-0.25, -0.2) is 4.79 Å². The third-order valence-corrected chi connectivity index (χ3v) is 3.03. The van der Waals surface area contributed by atoms with Gasteiger partial charge in [0.05, 0.1) is 16.1 Å². The number of nitrogens with two attached hydrogens (primary N) is 1. The molecule has 4 N–H and O–H groups in total. The number of amides is 1. The largest absolute Gasteiger partial charge is 0.478 e. The Kier molecular flexibility index (Phi) is 2.81. The van der Waals surface area contributed by atoms with E-state index in [0.717, 1.165) is 0 Å². The first-order valence-electron chi connectivity index (χ1n) is 5.05. The van der Waals surface area contributed by atoms with Crippen molar-refractivity contribution in [1.82, 2.24) is 0 Å². The quantitative estimate of drug-likeness (QED) is 0.762. The van der Waals surface area contributed by atoms with Crippen LogP contribution >= 0.6 is 11.6 Å². The number of carboxylic acids is 1. The number of hydrogen-bond donors (Lipinski definition) is 3. The predicted molar refractivity (Wildman–Crippen MR) is 63.2 cm³/mol. The van der Waals surface area contributed by atoms with Gasteiger partial charge < -0.3 is 16.2 Å². The number of aromatic carboxylic acids is 1. The maximum Gasteiger partial charge on any atom is 0.337 e. The number of anilines is 1. The first-order valence-corrected chi connectivity index (χ1v) is 5.43. The van der Waals surface area contributed by atoms with Gasteiger partial charge in [0.15, 0.2) is 0 Å². The zero-order valence-corrected chi connectivity index (χ0v) is 9.62. The lowest BCUT2D eigenvalue weighted by atomic mass is 10.2. The summed E-state index contributed by atoms with van der Waals surface area (Å²) >= 11 is 5.71. The molecule has 0 saturated heterocycles.